The van der Waals surface area contributed by atoms with Gasteiger partial charge in [0.2, 0.25) is 11.8 Å². The molecule has 0 radical (unpaired) electrons. The summed E-state index contributed by atoms with van der Waals surface area (Å²) in [6.45, 7) is 10.9. The lowest BCUT2D eigenvalue weighted by Gasteiger charge is -2.58. The van der Waals surface area contributed by atoms with Crippen molar-refractivity contribution in [1.82, 2.24) is 14.8 Å². The molecule has 1 spiro atoms. The van der Waals surface area contributed by atoms with E-state index in [1.165, 1.54) is 48.1 Å². The van der Waals surface area contributed by atoms with Crippen molar-refractivity contribution in [2.75, 3.05) is 44.7 Å². The number of amides is 1. The Labute approximate surface area is 250 Å². The van der Waals surface area contributed by atoms with E-state index in [2.05, 4.69) is 63.9 Å². The number of pyridine rings is 1. The van der Waals surface area contributed by atoms with Crippen molar-refractivity contribution in [3.8, 4) is 5.88 Å². The van der Waals surface area contributed by atoms with Crippen molar-refractivity contribution in [1.29, 1.82) is 0 Å². The molecule has 1 unspecified atom stereocenters. The van der Waals surface area contributed by atoms with Gasteiger partial charge in [-0.3, -0.25) is 14.6 Å². The number of hydrogen-bond donors (Lipinski definition) is 1. The van der Waals surface area contributed by atoms with Crippen LogP contribution in [0, 0.1) is 5.41 Å². The first-order valence-electron chi connectivity index (χ1n) is 15.5. The van der Waals surface area contributed by atoms with Crippen LogP contribution in [0.4, 0.5) is 5.69 Å². The average Bonchev–Trinajstić information content (AvgIpc) is 3.00. The van der Waals surface area contributed by atoms with Gasteiger partial charge in [0.05, 0.1) is 7.11 Å². The number of aromatic nitrogens is 1. The summed E-state index contributed by atoms with van der Waals surface area (Å²) in [6, 6.07) is 22.1. The molecule has 2 saturated heterocycles. The Bertz CT molecular complexity index is 1360. The van der Waals surface area contributed by atoms with Crippen molar-refractivity contribution in [3.63, 3.8) is 0 Å². The summed E-state index contributed by atoms with van der Waals surface area (Å²) in [5.74, 6) is 0.795. The van der Waals surface area contributed by atoms with Gasteiger partial charge in [0.1, 0.15) is 0 Å². The third kappa shape index (κ3) is 5.90. The summed E-state index contributed by atoms with van der Waals surface area (Å²) >= 11 is 0. The van der Waals surface area contributed by atoms with Gasteiger partial charge < -0.3 is 15.4 Å². The lowest BCUT2D eigenvalue weighted by Crippen LogP contribution is -2.60. The maximum absolute atomic E-state index is 11.5. The Balaban J connectivity index is 1.13. The SMILES string of the molecule is COc1ccc(CN2CCN(C3CC4(CCN(c5ccc(C(N)=O)cc5)CC4)C3)C(c3ccccc3C(C)C)C2)cn1. The number of primary amides is 1. The maximum atomic E-state index is 11.5. The summed E-state index contributed by atoms with van der Waals surface area (Å²) in [4.78, 5) is 23.8. The van der Waals surface area contributed by atoms with E-state index in [1.54, 1.807) is 7.11 Å². The molecular formula is C35H45N5O2. The van der Waals surface area contributed by atoms with Crippen LogP contribution in [0.1, 0.15) is 78.5 Å². The van der Waals surface area contributed by atoms with E-state index in [1.807, 2.05) is 36.5 Å². The van der Waals surface area contributed by atoms with Crippen LogP contribution in [0.5, 0.6) is 5.88 Å². The molecule has 3 heterocycles. The fourth-order valence-corrected chi connectivity index (χ4v) is 7.59. The number of piperidine rings is 1. The minimum absolute atomic E-state index is 0.368. The highest BCUT2D eigenvalue weighted by Gasteiger charge is 2.50. The maximum Gasteiger partial charge on any atom is 0.248 e. The summed E-state index contributed by atoms with van der Waals surface area (Å²) in [6.07, 6.45) is 7.02. The third-order valence-electron chi connectivity index (χ3n) is 10.0. The number of nitrogens with two attached hydrogens (primary N) is 1. The van der Waals surface area contributed by atoms with Crippen molar-refractivity contribution in [2.45, 2.75) is 64.1 Å². The van der Waals surface area contributed by atoms with Gasteiger partial charge in [-0.15, -0.1) is 0 Å². The Kier molecular flexibility index (Phi) is 8.24. The van der Waals surface area contributed by atoms with E-state index in [0.717, 1.165) is 39.3 Å². The topological polar surface area (TPSA) is 74.9 Å². The highest BCUT2D eigenvalue weighted by Crippen LogP contribution is 2.53. The molecule has 1 aliphatic carbocycles. The molecular weight excluding hydrogens is 522 g/mol. The number of methoxy groups -OCH3 is 1. The number of piperazine rings is 1. The predicted octanol–water partition coefficient (Wildman–Crippen LogP) is 5.62. The van der Waals surface area contributed by atoms with E-state index in [0.29, 0.717) is 34.9 Å². The number of rotatable bonds is 8. The van der Waals surface area contributed by atoms with Gasteiger partial charge in [-0.05, 0) is 78.0 Å². The fraction of sp³-hybridized carbons (Fsp3) is 0.486. The number of ether oxygens (including phenoxy) is 1. The molecule has 7 heteroatoms. The Hall–Kier alpha value is -3.42. The lowest BCUT2D eigenvalue weighted by atomic mass is 9.59. The van der Waals surface area contributed by atoms with Gasteiger partial charge in [0.15, 0.2) is 0 Å². The van der Waals surface area contributed by atoms with Crippen LogP contribution >= 0.6 is 0 Å². The number of nitrogens with zero attached hydrogens (tertiary/aromatic N) is 4. The molecule has 7 nitrogen and oxygen atoms in total. The molecule has 2 N–H and O–H groups in total. The molecule has 1 aromatic heterocycles. The lowest BCUT2D eigenvalue weighted by molar-refractivity contribution is -0.0628. The summed E-state index contributed by atoms with van der Waals surface area (Å²) in [5, 5.41) is 0. The van der Waals surface area contributed by atoms with Crippen LogP contribution in [0.2, 0.25) is 0 Å². The first-order chi connectivity index (χ1) is 20.3. The molecule has 222 valence electrons. The molecule has 3 aromatic rings. The largest absolute Gasteiger partial charge is 0.481 e. The van der Waals surface area contributed by atoms with Crippen molar-refractivity contribution in [3.05, 3.63) is 89.1 Å². The smallest absolute Gasteiger partial charge is 0.248 e. The monoisotopic (exact) mass is 567 g/mol. The number of hydrogen-bond acceptors (Lipinski definition) is 6. The normalized spacial score (nSPS) is 21.4. The standard InChI is InChI=1S/C35H45N5O2/c1-25(2)30-6-4-5-7-31(30)32-24-38(23-26-8-13-33(42-3)37-22-26)18-19-40(32)29-20-35(21-29)14-16-39(17-15-35)28-11-9-27(10-12-28)34(36)41/h4-13,22,25,29,32H,14-21,23-24H2,1-3H3,(H2,36,41). The molecule has 1 saturated carbocycles. The first kappa shape index (κ1) is 28.7. The van der Waals surface area contributed by atoms with E-state index in [4.69, 9.17) is 10.5 Å². The quantitative estimate of drug-likeness (QED) is 0.381. The zero-order valence-electron chi connectivity index (χ0n) is 25.3. The molecule has 3 fully saturated rings. The highest BCUT2D eigenvalue weighted by molar-refractivity contribution is 5.93. The number of carbonyl (C=O) groups excluding carboxylic acids is 1. The van der Waals surface area contributed by atoms with Crippen LogP contribution in [-0.2, 0) is 6.54 Å². The minimum atomic E-state index is -0.368. The van der Waals surface area contributed by atoms with Gasteiger partial charge in [0, 0.05) is 74.9 Å². The Morgan fingerprint density at radius 1 is 1.00 bits per heavy atom. The molecule has 1 atom stereocenters. The van der Waals surface area contributed by atoms with E-state index in [9.17, 15) is 4.79 Å². The van der Waals surface area contributed by atoms with Crippen LogP contribution in [0.3, 0.4) is 0 Å². The van der Waals surface area contributed by atoms with Gasteiger partial charge in [0.25, 0.3) is 0 Å². The van der Waals surface area contributed by atoms with Gasteiger partial charge in [-0.2, -0.15) is 0 Å². The molecule has 1 amide bonds. The second kappa shape index (κ2) is 12.1. The second-order valence-electron chi connectivity index (χ2n) is 12.9. The van der Waals surface area contributed by atoms with Gasteiger partial charge in [-0.1, -0.05) is 44.2 Å². The molecule has 6 rings (SSSR count). The minimum Gasteiger partial charge on any atom is -0.481 e. The van der Waals surface area contributed by atoms with Crippen molar-refractivity contribution < 1.29 is 9.53 Å². The molecule has 0 bridgehead atoms. The number of anilines is 1. The van der Waals surface area contributed by atoms with E-state index >= 15 is 0 Å². The summed E-state index contributed by atoms with van der Waals surface area (Å²) in [5.41, 5.74) is 11.9. The van der Waals surface area contributed by atoms with Gasteiger partial charge >= 0.3 is 0 Å². The van der Waals surface area contributed by atoms with Gasteiger partial charge in [-0.25, -0.2) is 4.98 Å². The average molecular weight is 568 g/mol. The summed E-state index contributed by atoms with van der Waals surface area (Å²) in [7, 11) is 1.66. The Morgan fingerprint density at radius 3 is 2.38 bits per heavy atom. The van der Waals surface area contributed by atoms with Crippen molar-refractivity contribution >= 4 is 11.6 Å². The first-order valence-corrected chi connectivity index (χ1v) is 15.5. The van der Waals surface area contributed by atoms with Crippen LogP contribution in [0.25, 0.3) is 0 Å². The third-order valence-corrected chi connectivity index (χ3v) is 10.0. The molecule has 2 aromatic carbocycles. The molecule has 3 aliphatic rings. The second-order valence-corrected chi connectivity index (χ2v) is 12.9. The summed E-state index contributed by atoms with van der Waals surface area (Å²) < 4.78 is 5.27. The predicted molar refractivity (Wildman–Crippen MR) is 168 cm³/mol. The number of benzene rings is 2. The van der Waals surface area contributed by atoms with E-state index < -0.39 is 0 Å². The zero-order chi connectivity index (χ0) is 29.3. The van der Waals surface area contributed by atoms with Crippen LogP contribution < -0.4 is 15.4 Å². The zero-order valence-corrected chi connectivity index (χ0v) is 25.3. The van der Waals surface area contributed by atoms with Crippen LogP contribution in [-0.4, -0.2) is 66.6 Å². The molecule has 42 heavy (non-hydrogen) atoms. The molecule has 2 aliphatic heterocycles. The Morgan fingerprint density at radius 2 is 1.74 bits per heavy atom. The van der Waals surface area contributed by atoms with E-state index in [-0.39, 0.29) is 5.91 Å². The highest BCUT2D eigenvalue weighted by atomic mass is 16.5. The number of carbonyl (C=O) groups is 1. The fourth-order valence-electron chi connectivity index (χ4n) is 7.59. The van der Waals surface area contributed by atoms with Crippen molar-refractivity contribution in [2.24, 2.45) is 11.1 Å². The van der Waals surface area contributed by atoms with Crippen LogP contribution in [0.15, 0.2) is 66.9 Å².